The molecule has 94 heavy (non-hydrogen) atoms. The molecule has 19 heteroatoms. The van der Waals surface area contributed by atoms with Crippen LogP contribution in [-0.2, 0) is 65.4 Å². The molecule has 0 rings (SSSR count). The molecule has 17 nitrogen and oxygen atoms in total. The van der Waals surface area contributed by atoms with Crippen LogP contribution in [0.2, 0.25) is 0 Å². The molecule has 0 aromatic carbocycles. The van der Waals surface area contributed by atoms with E-state index < -0.39 is 97.5 Å². The minimum Gasteiger partial charge on any atom is -0.462 e. The van der Waals surface area contributed by atoms with Crippen molar-refractivity contribution < 1.29 is 80.2 Å². The molecule has 0 aliphatic heterocycles. The van der Waals surface area contributed by atoms with E-state index in [9.17, 15) is 43.2 Å². The highest BCUT2D eigenvalue weighted by atomic mass is 31.2. The molecule has 0 amide bonds. The van der Waals surface area contributed by atoms with Gasteiger partial charge in [0.15, 0.2) is 12.2 Å². The predicted octanol–water partition coefficient (Wildman–Crippen LogP) is 21.7. The summed E-state index contributed by atoms with van der Waals surface area (Å²) in [7, 11) is -9.91. The first-order valence-electron chi connectivity index (χ1n) is 38.7. The number of phosphoric ester groups is 2. The largest absolute Gasteiger partial charge is 0.472 e. The Morgan fingerprint density at radius 3 is 0.755 bits per heavy atom. The van der Waals surface area contributed by atoms with Gasteiger partial charge in [-0.1, -0.05) is 325 Å². The highest BCUT2D eigenvalue weighted by molar-refractivity contribution is 7.47. The van der Waals surface area contributed by atoms with Crippen molar-refractivity contribution >= 4 is 39.5 Å². The molecule has 0 radical (unpaired) electrons. The van der Waals surface area contributed by atoms with Gasteiger partial charge in [-0.2, -0.15) is 0 Å². The van der Waals surface area contributed by atoms with Crippen molar-refractivity contribution in [1.82, 2.24) is 0 Å². The third kappa shape index (κ3) is 67.3. The Morgan fingerprint density at radius 2 is 0.511 bits per heavy atom. The summed E-state index contributed by atoms with van der Waals surface area (Å²) >= 11 is 0. The van der Waals surface area contributed by atoms with E-state index in [-0.39, 0.29) is 25.7 Å². The molecule has 0 fully saturated rings. The Hall–Kier alpha value is -1.94. The Morgan fingerprint density at radius 1 is 0.298 bits per heavy atom. The Kier molecular flexibility index (Phi) is 63.1. The molecule has 3 unspecified atom stereocenters. The molecule has 0 heterocycles. The van der Waals surface area contributed by atoms with Crippen molar-refractivity contribution in [2.75, 3.05) is 39.6 Å². The van der Waals surface area contributed by atoms with Gasteiger partial charge in [-0.25, -0.2) is 9.13 Å². The monoisotopic (exact) mass is 1380 g/mol. The number of ether oxygens (including phenoxy) is 4. The maximum atomic E-state index is 13.1. The van der Waals surface area contributed by atoms with E-state index >= 15 is 0 Å². The van der Waals surface area contributed by atoms with Crippen molar-refractivity contribution in [3.63, 3.8) is 0 Å². The predicted molar refractivity (Wildman–Crippen MR) is 381 cm³/mol. The first kappa shape index (κ1) is 92.1. The summed E-state index contributed by atoms with van der Waals surface area (Å²) < 4.78 is 68.5. The summed E-state index contributed by atoms with van der Waals surface area (Å²) in [4.78, 5) is 72.8. The van der Waals surface area contributed by atoms with Gasteiger partial charge >= 0.3 is 39.5 Å². The Balaban J connectivity index is 5.27. The fourth-order valence-electron chi connectivity index (χ4n) is 11.3. The van der Waals surface area contributed by atoms with Crippen LogP contribution in [0.3, 0.4) is 0 Å². The molecule has 0 aliphatic rings. The maximum absolute atomic E-state index is 13.1. The Labute approximate surface area is 575 Å². The van der Waals surface area contributed by atoms with Crippen molar-refractivity contribution in [2.45, 2.75) is 395 Å². The van der Waals surface area contributed by atoms with Gasteiger partial charge in [0.05, 0.1) is 26.4 Å². The van der Waals surface area contributed by atoms with E-state index in [0.29, 0.717) is 25.7 Å². The van der Waals surface area contributed by atoms with Gasteiger partial charge in [0.1, 0.15) is 19.3 Å². The number of rotatable bonds is 72. The highest BCUT2D eigenvalue weighted by Gasteiger charge is 2.30. The molecular weight excluding hydrogens is 1230 g/mol. The number of carbonyl (C=O) groups is 4. The lowest BCUT2D eigenvalue weighted by Gasteiger charge is -2.21. The van der Waals surface area contributed by atoms with Crippen LogP contribution in [0.4, 0.5) is 0 Å². The zero-order chi connectivity index (χ0) is 69.6. The van der Waals surface area contributed by atoms with Gasteiger partial charge in [0.2, 0.25) is 0 Å². The lowest BCUT2D eigenvalue weighted by molar-refractivity contribution is -0.161. The smallest absolute Gasteiger partial charge is 0.462 e. The summed E-state index contributed by atoms with van der Waals surface area (Å²) in [6, 6.07) is 0. The lowest BCUT2D eigenvalue weighted by atomic mass is 10.00. The summed E-state index contributed by atoms with van der Waals surface area (Å²) in [6.45, 7) is 14.2. The molecule has 0 aliphatic carbocycles. The molecule has 6 atom stereocenters. The first-order chi connectivity index (χ1) is 45.1. The molecule has 3 N–H and O–H groups in total. The second-order valence-electron chi connectivity index (χ2n) is 28.7. The molecule has 0 saturated heterocycles. The normalized spacial score (nSPS) is 14.4. The maximum Gasteiger partial charge on any atom is 0.472 e. The molecular formula is C75H146O17P2. The van der Waals surface area contributed by atoms with Crippen LogP contribution in [0.5, 0.6) is 0 Å². The zero-order valence-corrected chi connectivity index (χ0v) is 63.4. The molecule has 0 spiro atoms. The van der Waals surface area contributed by atoms with Crippen LogP contribution < -0.4 is 0 Å². The minimum absolute atomic E-state index is 0.105. The van der Waals surface area contributed by atoms with Crippen molar-refractivity contribution in [3.05, 3.63) is 0 Å². The lowest BCUT2D eigenvalue weighted by Crippen LogP contribution is -2.30. The number of aliphatic hydroxyl groups is 1. The van der Waals surface area contributed by atoms with E-state index in [1.54, 1.807) is 0 Å². The van der Waals surface area contributed by atoms with Crippen LogP contribution in [0.15, 0.2) is 0 Å². The van der Waals surface area contributed by atoms with Gasteiger partial charge in [-0.15, -0.1) is 0 Å². The number of phosphoric acid groups is 2. The number of aliphatic hydroxyl groups excluding tert-OH is 1. The van der Waals surface area contributed by atoms with E-state index in [2.05, 4.69) is 55.4 Å². The summed E-state index contributed by atoms with van der Waals surface area (Å²) in [6.07, 6.45) is 48.5. The second kappa shape index (κ2) is 64.4. The minimum atomic E-state index is -4.96. The van der Waals surface area contributed by atoms with Crippen LogP contribution in [0.1, 0.15) is 376 Å². The number of unbranched alkanes of at least 4 members (excludes halogenated alkanes) is 37. The number of carbonyl (C=O) groups excluding carboxylic acids is 4. The van der Waals surface area contributed by atoms with Crippen molar-refractivity contribution in [1.29, 1.82) is 0 Å². The van der Waals surface area contributed by atoms with E-state index in [1.807, 2.05) is 0 Å². The van der Waals surface area contributed by atoms with Crippen molar-refractivity contribution in [2.24, 2.45) is 23.7 Å². The third-order valence-corrected chi connectivity index (χ3v) is 19.6. The third-order valence-electron chi connectivity index (χ3n) is 17.7. The van der Waals surface area contributed by atoms with E-state index in [1.165, 1.54) is 173 Å². The molecule has 558 valence electrons. The fraction of sp³-hybridized carbons (Fsp3) is 0.947. The molecule has 0 saturated carbocycles. The van der Waals surface area contributed by atoms with Gasteiger partial charge in [-0.3, -0.25) is 37.3 Å². The van der Waals surface area contributed by atoms with Crippen LogP contribution in [0.25, 0.3) is 0 Å². The second-order valence-corrected chi connectivity index (χ2v) is 31.6. The van der Waals surface area contributed by atoms with E-state index in [0.717, 1.165) is 120 Å². The Bertz CT molecular complexity index is 1850. The average Bonchev–Trinajstić information content (AvgIpc) is 1.71. The number of hydrogen-bond acceptors (Lipinski definition) is 15. The van der Waals surface area contributed by atoms with Crippen LogP contribution in [-0.4, -0.2) is 96.7 Å². The van der Waals surface area contributed by atoms with Gasteiger partial charge < -0.3 is 33.8 Å². The molecule has 0 bridgehead atoms. The number of esters is 4. The van der Waals surface area contributed by atoms with Crippen molar-refractivity contribution in [3.8, 4) is 0 Å². The molecule has 0 aromatic heterocycles. The first-order valence-corrected chi connectivity index (χ1v) is 41.7. The topological polar surface area (TPSA) is 237 Å². The average molecular weight is 1380 g/mol. The highest BCUT2D eigenvalue weighted by Crippen LogP contribution is 2.45. The van der Waals surface area contributed by atoms with Crippen LogP contribution in [0, 0.1) is 23.7 Å². The SMILES string of the molecule is CCC(C)CCCCCCCCC(=O)OC[C@H](COP(=O)(O)OC[C@H](O)COP(=O)(O)OC[C@@H](COC(=O)CCCCCCCCCCCCCCC(C)C)OC(=O)CCCCCCCCCCCCCCC(C)C)OC(=O)CCCCCCCCCCCCCC(C)C. The van der Waals surface area contributed by atoms with Gasteiger partial charge in [-0.05, 0) is 49.4 Å². The summed E-state index contributed by atoms with van der Waals surface area (Å²) in [5.41, 5.74) is 0. The van der Waals surface area contributed by atoms with Crippen LogP contribution >= 0.6 is 15.6 Å². The number of hydrogen-bond donors (Lipinski definition) is 3. The van der Waals surface area contributed by atoms with Gasteiger partial charge in [0, 0.05) is 25.7 Å². The van der Waals surface area contributed by atoms with E-state index in [4.69, 9.17) is 37.0 Å². The van der Waals surface area contributed by atoms with Gasteiger partial charge in [0.25, 0.3) is 0 Å². The quantitative estimate of drug-likeness (QED) is 0.0222. The zero-order valence-electron chi connectivity index (χ0n) is 61.6. The molecule has 0 aromatic rings. The summed E-state index contributed by atoms with van der Waals surface area (Å²) in [5, 5.41) is 10.6. The fourth-order valence-corrected chi connectivity index (χ4v) is 12.9. The summed E-state index contributed by atoms with van der Waals surface area (Å²) in [5.74, 6) is 0.932. The standard InChI is InChI=1S/C75H146O17P2/c1-9-68(8)54-46-38-33-34-40-48-56-73(78)86-62-71(92-75(80)58-50-42-32-26-20-14-17-23-29-37-45-53-67(6)7)64-90-94(83,84)88-60-69(76)59-87-93(81,82)89-63-70(91-74(79)57-49-41-31-25-19-13-11-16-22-28-36-44-52-66(4)5)61-85-72(77)55-47-39-30-24-18-12-10-15-21-27-35-43-51-65(2)3/h65-71,76H,9-64H2,1-8H3,(H,81,82)(H,83,84)/t68?,69-,70-,71-/m1/s1.